The van der Waals surface area contributed by atoms with Gasteiger partial charge in [0.15, 0.2) is 5.78 Å². The minimum atomic E-state index is -0.499. The van der Waals surface area contributed by atoms with Crippen molar-refractivity contribution in [1.29, 1.82) is 5.26 Å². The first kappa shape index (κ1) is 22.5. The van der Waals surface area contributed by atoms with Crippen LogP contribution in [0.1, 0.15) is 55.0 Å². The fourth-order valence-electron chi connectivity index (χ4n) is 4.36. The smallest absolute Gasteiger partial charge is 0.223 e. The van der Waals surface area contributed by atoms with Crippen molar-refractivity contribution < 1.29 is 9.59 Å². The standard InChI is InChI=1S/C25H30N4O2/c1-16-21(9-11-24(27)28-16)8-10-23(30)17(2)29-25(31)22-7-6-19(14-22)12-18-4-3-5-20(13-18)15-26/h3-5,9,11,13,17,19,22H,6-8,10,12,14H2,1-2H3,(H2,27,28)(H,29,31)/t17-,19-,22+/m0/s1. The van der Waals surface area contributed by atoms with E-state index in [2.05, 4.69) is 16.4 Å². The Bertz CT molecular complexity index is 995. The van der Waals surface area contributed by atoms with Gasteiger partial charge in [-0.15, -0.1) is 0 Å². The Labute approximate surface area is 183 Å². The van der Waals surface area contributed by atoms with Crippen molar-refractivity contribution in [3.63, 3.8) is 0 Å². The Morgan fingerprint density at radius 3 is 2.84 bits per heavy atom. The van der Waals surface area contributed by atoms with E-state index >= 15 is 0 Å². The van der Waals surface area contributed by atoms with Crippen molar-refractivity contribution >= 4 is 17.5 Å². The highest BCUT2D eigenvalue weighted by Crippen LogP contribution is 2.33. The van der Waals surface area contributed by atoms with E-state index in [1.54, 1.807) is 19.1 Å². The minimum absolute atomic E-state index is 0.0208. The van der Waals surface area contributed by atoms with Crippen molar-refractivity contribution in [3.8, 4) is 6.07 Å². The molecule has 0 unspecified atom stereocenters. The summed E-state index contributed by atoms with van der Waals surface area (Å²) in [6, 6.07) is 13.0. The van der Waals surface area contributed by atoms with E-state index in [1.165, 1.54) is 0 Å². The molecule has 6 nitrogen and oxygen atoms in total. The number of hydrogen-bond acceptors (Lipinski definition) is 5. The van der Waals surface area contributed by atoms with Crippen LogP contribution < -0.4 is 11.1 Å². The molecule has 0 spiro atoms. The number of carbonyl (C=O) groups excluding carboxylic acids is 2. The summed E-state index contributed by atoms with van der Waals surface area (Å²) in [5.41, 5.74) is 9.32. The van der Waals surface area contributed by atoms with Crippen molar-refractivity contribution in [2.75, 3.05) is 5.73 Å². The van der Waals surface area contributed by atoms with Crippen LogP contribution in [-0.2, 0) is 22.4 Å². The molecule has 1 aliphatic rings. The van der Waals surface area contributed by atoms with E-state index in [-0.39, 0.29) is 17.6 Å². The number of nitrogens with two attached hydrogens (primary N) is 1. The lowest BCUT2D eigenvalue weighted by atomic mass is 9.95. The number of benzene rings is 1. The molecule has 0 bridgehead atoms. The summed E-state index contributed by atoms with van der Waals surface area (Å²) in [6.45, 7) is 3.64. The molecule has 3 atom stereocenters. The number of pyridine rings is 1. The number of anilines is 1. The number of hydrogen-bond donors (Lipinski definition) is 2. The molecule has 3 N–H and O–H groups in total. The SMILES string of the molecule is Cc1nc(N)ccc1CCC(=O)[C@H](C)NC(=O)[C@@H]1CC[C@@H](Cc2cccc(C#N)c2)C1. The second-order valence-corrected chi connectivity index (χ2v) is 8.57. The lowest BCUT2D eigenvalue weighted by Crippen LogP contribution is -2.41. The molecule has 0 radical (unpaired) electrons. The van der Waals surface area contributed by atoms with Gasteiger partial charge in [-0.3, -0.25) is 9.59 Å². The monoisotopic (exact) mass is 418 g/mol. The topological polar surface area (TPSA) is 109 Å². The van der Waals surface area contributed by atoms with Crippen LogP contribution in [0, 0.1) is 30.1 Å². The van der Waals surface area contributed by atoms with Crippen molar-refractivity contribution in [2.24, 2.45) is 11.8 Å². The van der Waals surface area contributed by atoms with Crippen LogP contribution >= 0.6 is 0 Å². The molecule has 1 aliphatic carbocycles. The average molecular weight is 419 g/mol. The molecule has 6 heteroatoms. The Hall–Kier alpha value is -3.20. The summed E-state index contributed by atoms with van der Waals surface area (Å²) in [5.74, 6) is 0.840. The quantitative estimate of drug-likeness (QED) is 0.682. The molecule has 0 aliphatic heterocycles. The van der Waals surface area contributed by atoms with E-state index in [1.807, 2.05) is 31.2 Å². The Kier molecular flexibility index (Phi) is 7.41. The third-order valence-corrected chi connectivity index (χ3v) is 6.19. The molecule has 162 valence electrons. The molecule has 3 rings (SSSR count). The van der Waals surface area contributed by atoms with Crippen molar-refractivity contribution in [2.45, 2.75) is 58.4 Å². The Morgan fingerprint density at radius 2 is 2.10 bits per heavy atom. The zero-order valence-corrected chi connectivity index (χ0v) is 18.2. The van der Waals surface area contributed by atoms with E-state index in [4.69, 9.17) is 11.0 Å². The Morgan fingerprint density at radius 1 is 1.29 bits per heavy atom. The highest BCUT2D eigenvalue weighted by Gasteiger charge is 2.31. The lowest BCUT2D eigenvalue weighted by molar-refractivity contribution is -0.129. The zero-order chi connectivity index (χ0) is 22.4. The number of aryl methyl sites for hydroxylation is 2. The number of rotatable bonds is 8. The molecule has 1 amide bonds. The summed E-state index contributed by atoms with van der Waals surface area (Å²) < 4.78 is 0. The fourth-order valence-corrected chi connectivity index (χ4v) is 4.36. The predicted molar refractivity (Wildman–Crippen MR) is 120 cm³/mol. The number of Topliss-reactive ketones (excluding diaryl/α,β-unsaturated/α-hetero) is 1. The predicted octanol–water partition coefficient (Wildman–Crippen LogP) is 3.51. The van der Waals surface area contributed by atoms with Gasteiger partial charge < -0.3 is 11.1 Å². The minimum Gasteiger partial charge on any atom is -0.384 e. The second kappa shape index (κ2) is 10.2. The van der Waals surface area contributed by atoms with E-state index in [0.717, 1.165) is 42.5 Å². The second-order valence-electron chi connectivity index (χ2n) is 8.57. The highest BCUT2D eigenvalue weighted by atomic mass is 16.2. The first-order valence-corrected chi connectivity index (χ1v) is 10.9. The number of amides is 1. The molecule has 1 aromatic carbocycles. The van der Waals surface area contributed by atoms with Crippen LogP contribution in [0.3, 0.4) is 0 Å². The zero-order valence-electron chi connectivity index (χ0n) is 18.2. The summed E-state index contributed by atoms with van der Waals surface area (Å²) in [6.07, 6.45) is 4.47. The first-order chi connectivity index (χ1) is 14.9. The van der Waals surface area contributed by atoms with Gasteiger partial charge in [0, 0.05) is 18.0 Å². The summed E-state index contributed by atoms with van der Waals surface area (Å²) in [7, 11) is 0. The Balaban J connectivity index is 1.46. The number of nitrogens with one attached hydrogen (secondary N) is 1. The summed E-state index contributed by atoms with van der Waals surface area (Å²) in [5, 5.41) is 12.0. The normalized spacial score (nSPS) is 18.9. The van der Waals surface area contributed by atoms with E-state index in [9.17, 15) is 9.59 Å². The molecule has 1 heterocycles. The number of aromatic nitrogens is 1. The van der Waals surface area contributed by atoms with Gasteiger partial charge in [0.2, 0.25) is 5.91 Å². The third-order valence-electron chi connectivity index (χ3n) is 6.19. The van der Waals surface area contributed by atoms with Crippen LogP contribution in [0.25, 0.3) is 0 Å². The molecular formula is C25H30N4O2. The maximum Gasteiger partial charge on any atom is 0.223 e. The van der Waals surface area contributed by atoms with Gasteiger partial charge in [0.1, 0.15) is 5.82 Å². The molecule has 1 aromatic heterocycles. The molecule has 2 aromatic rings. The molecule has 1 saturated carbocycles. The van der Waals surface area contributed by atoms with Gasteiger partial charge in [-0.1, -0.05) is 18.2 Å². The van der Waals surface area contributed by atoms with Crippen LogP contribution in [0.2, 0.25) is 0 Å². The molecule has 31 heavy (non-hydrogen) atoms. The van der Waals surface area contributed by atoms with E-state index < -0.39 is 6.04 Å². The fraction of sp³-hybridized carbons (Fsp3) is 0.440. The number of nitrogens with zero attached hydrogens (tertiary/aromatic N) is 2. The summed E-state index contributed by atoms with van der Waals surface area (Å²) in [4.78, 5) is 29.4. The average Bonchev–Trinajstić information content (AvgIpc) is 3.21. The largest absolute Gasteiger partial charge is 0.384 e. The number of carbonyl (C=O) groups is 2. The van der Waals surface area contributed by atoms with Crippen LogP contribution in [0.4, 0.5) is 5.82 Å². The van der Waals surface area contributed by atoms with Gasteiger partial charge in [-0.05, 0) is 81.2 Å². The van der Waals surface area contributed by atoms with E-state index in [0.29, 0.717) is 30.1 Å². The summed E-state index contributed by atoms with van der Waals surface area (Å²) >= 11 is 0. The maximum atomic E-state index is 12.7. The number of ketones is 1. The van der Waals surface area contributed by atoms with Gasteiger partial charge in [-0.2, -0.15) is 5.26 Å². The maximum absolute atomic E-state index is 12.7. The van der Waals surface area contributed by atoms with Gasteiger partial charge in [0.25, 0.3) is 0 Å². The number of nitrogen functional groups attached to an aromatic ring is 1. The van der Waals surface area contributed by atoms with Crippen molar-refractivity contribution in [3.05, 3.63) is 58.8 Å². The molecule has 0 saturated heterocycles. The van der Waals surface area contributed by atoms with Gasteiger partial charge in [-0.25, -0.2) is 4.98 Å². The lowest BCUT2D eigenvalue weighted by Gasteiger charge is -2.17. The van der Waals surface area contributed by atoms with Crippen LogP contribution in [-0.4, -0.2) is 22.7 Å². The van der Waals surface area contributed by atoms with Crippen molar-refractivity contribution in [1.82, 2.24) is 10.3 Å². The van der Waals surface area contributed by atoms with Crippen LogP contribution in [0.15, 0.2) is 36.4 Å². The van der Waals surface area contributed by atoms with Gasteiger partial charge in [0.05, 0.1) is 17.7 Å². The van der Waals surface area contributed by atoms with Gasteiger partial charge >= 0.3 is 0 Å². The third kappa shape index (κ3) is 6.14. The molecular weight excluding hydrogens is 388 g/mol. The number of nitriles is 1. The van der Waals surface area contributed by atoms with Crippen LogP contribution in [0.5, 0.6) is 0 Å². The highest BCUT2D eigenvalue weighted by molar-refractivity contribution is 5.89. The first-order valence-electron chi connectivity index (χ1n) is 10.9. The molecule has 1 fully saturated rings.